The zero-order chi connectivity index (χ0) is 18.6. The molecule has 1 aliphatic heterocycles. The number of carbonyl (C=O) groups excluding carboxylic acids is 1. The van der Waals surface area contributed by atoms with Crippen LogP contribution in [0.4, 0.5) is 8.78 Å². The van der Waals surface area contributed by atoms with E-state index in [2.05, 4.69) is 15.2 Å². The van der Waals surface area contributed by atoms with Crippen LogP contribution in [0.15, 0.2) is 36.8 Å². The Morgan fingerprint density at radius 2 is 2.15 bits per heavy atom. The van der Waals surface area contributed by atoms with E-state index >= 15 is 0 Å². The molecular formula is C19H19F2N5O. The molecule has 0 bridgehead atoms. The summed E-state index contributed by atoms with van der Waals surface area (Å²) in [6.07, 6.45) is 5.21. The molecule has 5 rings (SSSR count). The first-order valence-electron chi connectivity index (χ1n) is 9.14. The minimum absolute atomic E-state index is 0.390. The van der Waals surface area contributed by atoms with Crippen LogP contribution in [-0.4, -0.2) is 43.0 Å². The number of rotatable bonds is 4. The number of alkyl halides is 2. The van der Waals surface area contributed by atoms with Crippen LogP contribution in [-0.2, 0) is 6.54 Å². The molecule has 0 radical (unpaired) electrons. The number of aromatic nitrogens is 4. The lowest BCUT2D eigenvalue weighted by Gasteiger charge is -2.24. The van der Waals surface area contributed by atoms with Gasteiger partial charge < -0.3 is 14.5 Å². The number of aromatic amines is 1. The Bertz CT molecular complexity index is 1010. The van der Waals surface area contributed by atoms with Gasteiger partial charge in [0.2, 0.25) is 0 Å². The van der Waals surface area contributed by atoms with Gasteiger partial charge in [0.25, 0.3) is 11.8 Å². The molecular weight excluding hydrogens is 352 g/mol. The first-order valence-corrected chi connectivity index (χ1v) is 9.14. The lowest BCUT2D eigenvalue weighted by atomic mass is 10.1. The number of hydrogen-bond donors (Lipinski definition) is 1. The van der Waals surface area contributed by atoms with E-state index in [1.54, 1.807) is 24.7 Å². The highest BCUT2D eigenvalue weighted by Crippen LogP contribution is 2.42. The summed E-state index contributed by atoms with van der Waals surface area (Å²) in [5.74, 6) is -2.34. The highest BCUT2D eigenvalue weighted by Gasteiger charge is 2.49. The van der Waals surface area contributed by atoms with E-state index in [0.717, 1.165) is 30.3 Å². The van der Waals surface area contributed by atoms with Crippen LogP contribution in [0.1, 0.15) is 41.5 Å². The largest absolute Gasteiger partial charge is 0.361 e. The van der Waals surface area contributed by atoms with Crippen LogP contribution < -0.4 is 0 Å². The molecule has 140 valence electrons. The number of H-pyrrole nitrogens is 1. The second kappa shape index (κ2) is 5.87. The van der Waals surface area contributed by atoms with E-state index in [1.807, 2.05) is 16.7 Å². The maximum atomic E-state index is 14.3. The van der Waals surface area contributed by atoms with Crippen LogP contribution in [0.5, 0.6) is 0 Å². The van der Waals surface area contributed by atoms with Crippen molar-refractivity contribution in [2.45, 2.75) is 37.8 Å². The summed E-state index contributed by atoms with van der Waals surface area (Å²) in [5, 5.41) is 8.98. The third-order valence-electron chi connectivity index (χ3n) is 5.43. The Morgan fingerprint density at radius 1 is 1.30 bits per heavy atom. The Balaban J connectivity index is 1.48. The molecule has 8 heteroatoms. The van der Waals surface area contributed by atoms with Crippen molar-refractivity contribution in [3.05, 3.63) is 48.2 Å². The molecule has 0 unspecified atom stereocenters. The van der Waals surface area contributed by atoms with E-state index in [0.29, 0.717) is 17.3 Å². The number of benzene rings is 1. The van der Waals surface area contributed by atoms with Gasteiger partial charge in [0.1, 0.15) is 6.33 Å². The molecule has 27 heavy (non-hydrogen) atoms. The lowest BCUT2D eigenvalue weighted by Crippen LogP contribution is -2.34. The maximum Gasteiger partial charge on any atom is 0.267 e. The molecule has 2 aliphatic rings. The average molecular weight is 371 g/mol. The quantitative estimate of drug-likeness (QED) is 0.764. The number of hydrogen-bond acceptors (Lipinski definition) is 3. The van der Waals surface area contributed by atoms with Crippen molar-refractivity contribution >= 4 is 16.8 Å². The predicted octanol–water partition coefficient (Wildman–Crippen LogP) is 3.39. The Hall–Kier alpha value is -2.77. The predicted molar refractivity (Wildman–Crippen MR) is 94.4 cm³/mol. The highest BCUT2D eigenvalue weighted by molar-refractivity contribution is 5.98. The molecule has 1 saturated heterocycles. The standard InChI is InChI=1S/C19H19F2N5O/c20-19(21)8-16(17-24-23-11-25(17)9-12-1-2-12)26(10-19)18(27)14-4-3-13-5-6-22-15(13)7-14/h3-7,11-12,16,22H,1-2,8-10H2/t16-/m0/s1. The van der Waals surface area contributed by atoms with Crippen LogP contribution in [0.3, 0.4) is 0 Å². The SMILES string of the molecule is O=C(c1ccc2cc[nH]c2c1)N1CC(F)(F)C[C@H]1c1nncn1CC1CC1. The van der Waals surface area contributed by atoms with Gasteiger partial charge >= 0.3 is 0 Å². The second-order valence-electron chi connectivity index (χ2n) is 7.57. The van der Waals surface area contributed by atoms with Gasteiger partial charge in [-0.2, -0.15) is 0 Å². The molecule has 0 spiro atoms. The number of fused-ring (bicyclic) bond motifs is 1. The molecule has 3 heterocycles. The summed E-state index contributed by atoms with van der Waals surface area (Å²) in [5.41, 5.74) is 1.20. The molecule has 1 N–H and O–H groups in total. The van der Waals surface area contributed by atoms with Crippen molar-refractivity contribution in [3.8, 4) is 0 Å². The summed E-state index contributed by atoms with van der Waals surface area (Å²) in [6.45, 7) is 0.121. The minimum Gasteiger partial charge on any atom is -0.361 e. The third kappa shape index (κ3) is 2.98. The summed E-state index contributed by atoms with van der Waals surface area (Å²) in [6, 6.07) is 6.34. The molecule has 1 atom stereocenters. The van der Waals surface area contributed by atoms with Crippen molar-refractivity contribution in [1.29, 1.82) is 0 Å². The Kier molecular flexibility index (Phi) is 3.57. The fraction of sp³-hybridized carbons (Fsp3) is 0.421. The minimum atomic E-state index is -2.94. The van der Waals surface area contributed by atoms with Crippen molar-refractivity contribution in [2.75, 3.05) is 6.54 Å². The van der Waals surface area contributed by atoms with Gasteiger partial charge in [0, 0.05) is 30.2 Å². The Morgan fingerprint density at radius 3 is 2.96 bits per heavy atom. The number of nitrogens with one attached hydrogen (secondary N) is 1. The molecule has 1 aromatic carbocycles. The van der Waals surface area contributed by atoms with Crippen LogP contribution in [0.25, 0.3) is 10.9 Å². The molecule has 2 fully saturated rings. The molecule has 6 nitrogen and oxygen atoms in total. The van der Waals surface area contributed by atoms with E-state index in [-0.39, 0.29) is 0 Å². The van der Waals surface area contributed by atoms with Gasteiger partial charge in [-0.25, -0.2) is 8.78 Å². The average Bonchev–Trinajstić information content (AvgIpc) is 3.04. The van der Waals surface area contributed by atoms with Crippen molar-refractivity contribution in [3.63, 3.8) is 0 Å². The van der Waals surface area contributed by atoms with Crippen molar-refractivity contribution in [2.24, 2.45) is 5.92 Å². The first-order chi connectivity index (χ1) is 13.0. The molecule has 2 aromatic heterocycles. The van der Waals surface area contributed by atoms with Gasteiger partial charge in [0.05, 0.1) is 12.6 Å². The first kappa shape index (κ1) is 16.4. The van der Waals surface area contributed by atoms with E-state index in [1.165, 1.54) is 4.90 Å². The number of likely N-dealkylation sites (tertiary alicyclic amines) is 1. The van der Waals surface area contributed by atoms with Crippen molar-refractivity contribution in [1.82, 2.24) is 24.6 Å². The van der Waals surface area contributed by atoms with Gasteiger partial charge in [0.15, 0.2) is 5.82 Å². The second-order valence-corrected chi connectivity index (χ2v) is 7.57. The monoisotopic (exact) mass is 371 g/mol. The molecule has 1 saturated carbocycles. The molecule has 3 aromatic rings. The normalized spacial score (nSPS) is 21.9. The smallest absolute Gasteiger partial charge is 0.267 e. The molecule has 1 aliphatic carbocycles. The number of amides is 1. The van der Waals surface area contributed by atoms with Gasteiger partial charge in [-0.15, -0.1) is 10.2 Å². The fourth-order valence-electron chi connectivity index (χ4n) is 3.85. The summed E-state index contributed by atoms with van der Waals surface area (Å²) < 4.78 is 30.4. The van der Waals surface area contributed by atoms with Crippen LogP contribution in [0, 0.1) is 5.92 Å². The summed E-state index contributed by atoms with van der Waals surface area (Å²) in [7, 11) is 0. The van der Waals surface area contributed by atoms with E-state index in [9.17, 15) is 13.6 Å². The number of nitrogens with zero attached hydrogens (tertiary/aromatic N) is 4. The Labute approximate surface area is 154 Å². The van der Waals surface area contributed by atoms with Crippen LogP contribution >= 0.6 is 0 Å². The summed E-state index contributed by atoms with van der Waals surface area (Å²) >= 11 is 0. The molecule has 1 amide bonds. The van der Waals surface area contributed by atoms with Crippen molar-refractivity contribution < 1.29 is 13.6 Å². The number of carbonyl (C=O) groups is 1. The zero-order valence-corrected chi connectivity index (χ0v) is 14.6. The fourth-order valence-corrected chi connectivity index (χ4v) is 3.85. The van der Waals surface area contributed by atoms with Crippen LogP contribution in [0.2, 0.25) is 0 Å². The van der Waals surface area contributed by atoms with E-state index < -0.39 is 30.8 Å². The maximum absolute atomic E-state index is 14.3. The highest BCUT2D eigenvalue weighted by atomic mass is 19.3. The number of halogens is 2. The van der Waals surface area contributed by atoms with E-state index in [4.69, 9.17) is 0 Å². The zero-order valence-electron chi connectivity index (χ0n) is 14.6. The van der Waals surface area contributed by atoms with Gasteiger partial charge in [-0.05, 0) is 42.3 Å². The topological polar surface area (TPSA) is 66.8 Å². The van der Waals surface area contributed by atoms with Gasteiger partial charge in [-0.3, -0.25) is 4.79 Å². The lowest BCUT2D eigenvalue weighted by molar-refractivity contribution is 0.0117. The third-order valence-corrected chi connectivity index (χ3v) is 5.43. The van der Waals surface area contributed by atoms with Gasteiger partial charge in [-0.1, -0.05) is 6.07 Å². The summed E-state index contributed by atoms with van der Waals surface area (Å²) in [4.78, 5) is 17.4.